The molecule has 1 N–H and O–H groups in total. The second-order valence-corrected chi connectivity index (χ2v) is 13.7. The molecule has 5 rings (SSSR count). The monoisotopic (exact) mass is 623 g/mol. The van der Waals surface area contributed by atoms with Gasteiger partial charge in [-0.3, -0.25) is 4.98 Å². The van der Waals surface area contributed by atoms with Gasteiger partial charge in [0.05, 0.1) is 24.1 Å². The van der Waals surface area contributed by atoms with E-state index >= 15 is 8.78 Å². The molecule has 1 aliphatic rings. The standard InChI is InChI=1S/C31H32F2N5O3PS/c1-17-23(12-14-38(17)30(39)41-31(2,3)4)35-28-21-16-34-26(25(33)27(21)36-29(37-28)40-5)20-9-7-8-18-10-11-22(32)19(24(18)20)13-15-43-42-6/h7-11,16-17,23,42H,12,14H2,1-6H3,(H,35,36,37). The minimum absolute atomic E-state index is 0.00206. The number of methoxy groups -OCH3 is 1. The van der Waals surface area contributed by atoms with Gasteiger partial charge in [0.25, 0.3) is 0 Å². The maximum atomic E-state index is 16.4. The summed E-state index contributed by atoms with van der Waals surface area (Å²) in [6.07, 6.45) is 1.74. The molecule has 1 amide bonds. The van der Waals surface area contributed by atoms with E-state index in [0.717, 1.165) is 0 Å². The average Bonchev–Trinajstić information content (AvgIpc) is 3.33. The summed E-state index contributed by atoms with van der Waals surface area (Å²) in [5.41, 5.74) is -0.0227. The Morgan fingerprint density at radius 1 is 1.21 bits per heavy atom. The van der Waals surface area contributed by atoms with Gasteiger partial charge in [-0.25, -0.2) is 13.6 Å². The predicted octanol–water partition coefficient (Wildman–Crippen LogP) is 7.21. The van der Waals surface area contributed by atoms with Crippen molar-refractivity contribution < 1.29 is 23.0 Å². The van der Waals surface area contributed by atoms with Crippen molar-refractivity contribution in [1.82, 2.24) is 19.9 Å². The van der Waals surface area contributed by atoms with Crippen molar-refractivity contribution >= 4 is 52.8 Å². The third kappa shape index (κ3) is 6.31. The van der Waals surface area contributed by atoms with Crippen molar-refractivity contribution in [3.8, 4) is 28.4 Å². The van der Waals surface area contributed by atoms with Gasteiger partial charge in [-0.2, -0.15) is 9.97 Å². The lowest BCUT2D eigenvalue weighted by Gasteiger charge is -2.29. The summed E-state index contributed by atoms with van der Waals surface area (Å²) >= 11 is 1.39. The molecule has 1 fully saturated rings. The summed E-state index contributed by atoms with van der Waals surface area (Å²) in [6, 6.07) is 7.85. The summed E-state index contributed by atoms with van der Waals surface area (Å²) in [4.78, 5) is 27.7. The van der Waals surface area contributed by atoms with E-state index in [1.807, 2.05) is 40.4 Å². The van der Waals surface area contributed by atoms with Gasteiger partial charge >= 0.3 is 12.1 Å². The molecule has 3 atom stereocenters. The normalized spacial score (nSPS) is 17.0. The summed E-state index contributed by atoms with van der Waals surface area (Å²) in [5.74, 6) is 2.06. The Morgan fingerprint density at radius 3 is 2.72 bits per heavy atom. The lowest BCUT2D eigenvalue weighted by atomic mass is 9.96. The quantitative estimate of drug-likeness (QED) is 0.184. The number of likely N-dealkylation sites (tertiary alicyclic amines) is 1. The molecule has 0 spiro atoms. The van der Waals surface area contributed by atoms with E-state index in [-0.39, 0.29) is 34.9 Å². The first-order chi connectivity index (χ1) is 20.5. The Kier molecular flexibility index (Phi) is 8.91. The Hall–Kier alpha value is -3.74. The van der Waals surface area contributed by atoms with E-state index in [1.165, 1.54) is 30.8 Å². The third-order valence-electron chi connectivity index (χ3n) is 7.13. The molecule has 3 heterocycles. The number of fused-ring (bicyclic) bond motifs is 2. The highest BCUT2D eigenvalue weighted by Gasteiger charge is 2.37. The van der Waals surface area contributed by atoms with Crippen LogP contribution in [0.2, 0.25) is 0 Å². The number of carbonyl (C=O) groups is 1. The first-order valence-electron chi connectivity index (χ1n) is 13.7. The first kappa shape index (κ1) is 30.7. The predicted molar refractivity (Wildman–Crippen MR) is 170 cm³/mol. The van der Waals surface area contributed by atoms with Crippen LogP contribution in [0.25, 0.3) is 32.9 Å². The van der Waals surface area contributed by atoms with E-state index in [9.17, 15) is 4.79 Å². The molecular formula is C31H32F2N5O3PS. The molecule has 0 bridgehead atoms. The highest BCUT2D eigenvalue weighted by atomic mass is 32.7. The highest BCUT2D eigenvalue weighted by molar-refractivity contribution is 8.52. The lowest BCUT2D eigenvalue weighted by molar-refractivity contribution is 0.0235. The molecule has 0 aliphatic carbocycles. The Balaban J connectivity index is 1.57. The number of pyridine rings is 1. The van der Waals surface area contributed by atoms with Crippen LogP contribution >= 0.6 is 19.2 Å². The van der Waals surface area contributed by atoms with E-state index in [2.05, 4.69) is 31.4 Å². The second kappa shape index (κ2) is 12.5. The fraction of sp³-hybridized carbons (Fsp3) is 0.355. The van der Waals surface area contributed by atoms with Gasteiger partial charge in [-0.1, -0.05) is 49.4 Å². The number of hydrogen-bond donors (Lipinski definition) is 1. The fourth-order valence-corrected chi connectivity index (χ4v) is 5.83. The molecule has 4 aromatic rings. The van der Waals surface area contributed by atoms with Gasteiger partial charge in [0, 0.05) is 29.7 Å². The van der Waals surface area contributed by atoms with Crippen LogP contribution < -0.4 is 10.1 Å². The zero-order valence-corrected chi connectivity index (χ0v) is 26.5. The van der Waals surface area contributed by atoms with E-state index in [4.69, 9.17) is 9.47 Å². The highest BCUT2D eigenvalue weighted by Crippen LogP contribution is 2.37. The van der Waals surface area contributed by atoms with Crippen LogP contribution in [0, 0.1) is 22.8 Å². The van der Waals surface area contributed by atoms with E-state index in [1.54, 1.807) is 23.1 Å². The molecule has 2 aromatic carbocycles. The van der Waals surface area contributed by atoms with Crippen molar-refractivity contribution in [2.45, 2.75) is 51.8 Å². The third-order valence-corrected chi connectivity index (χ3v) is 8.46. The van der Waals surface area contributed by atoms with Crippen LogP contribution in [-0.4, -0.2) is 63.9 Å². The average molecular weight is 624 g/mol. The number of anilines is 1. The zero-order chi connectivity index (χ0) is 30.9. The van der Waals surface area contributed by atoms with Crippen molar-refractivity contribution in [1.29, 1.82) is 0 Å². The maximum absolute atomic E-state index is 16.4. The minimum atomic E-state index is -0.698. The fourth-order valence-electron chi connectivity index (χ4n) is 5.11. The van der Waals surface area contributed by atoms with Crippen LogP contribution in [0.5, 0.6) is 6.01 Å². The summed E-state index contributed by atoms with van der Waals surface area (Å²) in [6.45, 7) is 9.88. The van der Waals surface area contributed by atoms with E-state index < -0.39 is 23.3 Å². The van der Waals surface area contributed by atoms with Crippen molar-refractivity contribution in [3.05, 3.63) is 53.7 Å². The molecule has 1 saturated heterocycles. The van der Waals surface area contributed by atoms with Crippen LogP contribution in [-0.2, 0) is 4.74 Å². The second-order valence-electron chi connectivity index (χ2n) is 11.1. The van der Waals surface area contributed by atoms with Gasteiger partial charge in [0.15, 0.2) is 5.82 Å². The first-order valence-corrected chi connectivity index (χ1v) is 16.8. The summed E-state index contributed by atoms with van der Waals surface area (Å²) in [7, 11) is 1.93. The number of ether oxygens (including phenoxy) is 2. The van der Waals surface area contributed by atoms with Crippen LogP contribution in [0.15, 0.2) is 36.5 Å². The SMILES string of the molecule is COc1nc(NC2CCN(C(=O)OC(C)(C)C)C2C)c2cnc(-c3cccc4ccc(F)c(C#CSPC)c34)c(F)c2n1. The smallest absolute Gasteiger partial charge is 0.410 e. The number of amides is 1. The molecule has 43 heavy (non-hydrogen) atoms. The number of nitrogens with zero attached hydrogens (tertiary/aromatic N) is 4. The van der Waals surface area contributed by atoms with Crippen LogP contribution in [0.1, 0.15) is 39.7 Å². The van der Waals surface area contributed by atoms with Gasteiger partial charge < -0.3 is 19.7 Å². The lowest BCUT2D eigenvalue weighted by Crippen LogP contribution is -2.42. The summed E-state index contributed by atoms with van der Waals surface area (Å²) < 4.78 is 42.3. The van der Waals surface area contributed by atoms with Gasteiger partial charge in [0.2, 0.25) is 0 Å². The number of halogens is 2. The Labute approximate surface area is 254 Å². The van der Waals surface area contributed by atoms with Crippen molar-refractivity contribution in [2.75, 3.05) is 25.6 Å². The van der Waals surface area contributed by atoms with Gasteiger partial charge in [0.1, 0.15) is 28.4 Å². The van der Waals surface area contributed by atoms with E-state index in [0.29, 0.717) is 48.3 Å². The molecule has 2 aromatic heterocycles. The van der Waals surface area contributed by atoms with Crippen LogP contribution in [0.3, 0.4) is 0 Å². The zero-order valence-electron chi connectivity index (χ0n) is 24.7. The summed E-state index contributed by atoms with van der Waals surface area (Å²) in [5, 5.41) is 7.82. The topological polar surface area (TPSA) is 89.5 Å². The minimum Gasteiger partial charge on any atom is -0.467 e. The van der Waals surface area contributed by atoms with Crippen molar-refractivity contribution in [2.24, 2.45) is 0 Å². The molecule has 0 saturated carbocycles. The molecule has 12 heteroatoms. The Morgan fingerprint density at radius 2 is 2.00 bits per heavy atom. The molecule has 3 unspecified atom stereocenters. The Bertz CT molecular complexity index is 1770. The van der Waals surface area contributed by atoms with Crippen LogP contribution in [0.4, 0.5) is 19.4 Å². The molecule has 8 nitrogen and oxygen atoms in total. The van der Waals surface area contributed by atoms with Gasteiger partial charge in [-0.05, 0) is 57.5 Å². The van der Waals surface area contributed by atoms with Gasteiger partial charge in [-0.15, -0.1) is 0 Å². The number of nitrogens with one attached hydrogen (secondary N) is 1. The number of hydrogen-bond acceptors (Lipinski definition) is 8. The molecule has 1 aliphatic heterocycles. The number of aromatic nitrogens is 3. The molecule has 0 radical (unpaired) electrons. The largest absolute Gasteiger partial charge is 0.467 e. The number of carbonyl (C=O) groups excluding carboxylic acids is 1. The molecular weight excluding hydrogens is 591 g/mol. The maximum Gasteiger partial charge on any atom is 0.410 e. The molecule has 224 valence electrons. The number of benzene rings is 2. The number of rotatable bonds is 5. The van der Waals surface area contributed by atoms with Crippen molar-refractivity contribution in [3.63, 3.8) is 0 Å².